The number of hydrogen-bond donors (Lipinski definition) is 2. The van der Waals surface area contributed by atoms with Gasteiger partial charge in [-0.3, -0.25) is 11.3 Å². The highest BCUT2D eigenvalue weighted by atomic mass is 16.5. The maximum atomic E-state index is 5.72. The van der Waals surface area contributed by atoms with Gasteiger partial charge in [0.25, 0.3) is 0 Å². The first-order valence-electron chi connectivity index (χ1n) is 7.92. The average Bonchev–Trinajstić information content (AvgIpc) is 2.45. The molecule has 1 unspecified atom stereocenters. The zero-order chi connectivity index (χ0) is 12.6. The molecule has 1 aliphatic heterocycles. The Bertz CT molecular complexity index is 211. The van der Waals surface area contributed by atoms with E-state index in [-0.39, 0.29) is 0 Å². The fourth-order valence-electron chi connectivity index (χ4n) is 3.57. The van der Waals surface area contributed by atoms with Crippen molar-refractivity contribution in [1.29, 1.82) is 0 Å². The van der Waals surface area contributed by atoms with Gasteiger partial charge in [0.1, 0.15) is 0 Å². The van der Waals surface area contributed by atoms with Crippen LogP contribution in [0.25, 0.3) is 0 Å². The monoisotopic (exact) mass is 254 g/mol. The molecule has 2 aliphatic rings. The molecule has 3 nitrogen and oxygen atoms in total. The topological polar surface area (TPSA) is 47.3 Å². The highest BCUT2D eigenvalue weighted by Gasteiger charge is 2.20. The van der Waals surface area contributed by atoms with Crippen molar-refractivity contribution in [1.82, 2.24) is 5.43 Å². The lowest BCUT2D eigenvalue weighted by Gasteiger charge is -2.28. The molecule has 18 heavy (non-hydrogen) atoms. The Hall–Kier alpha value is -0.120. The first-order chi connectivity index (χ1) is 8.88. The van der Waals surface area contributed by atoms with Crippen LogP contribution in [0.15, 0.2) is 0 Å². The summed E-state index contributed by atoms with van der Waals surface area (Å²) in [7, 11) is 0. The van der Waals surface area contributed by atoms with Crippen LogP contribution in [0.4, 0.5) is 0 Å². The molecule has 0 spiro atoms. The van der Waals surface area contributed by atoms with Gasteiger partial charge in [-0.05, 0) is 43.9 Å². The quantitative estimate of drug-likeness (QED) is 0.566. The first kappa shape index (κ1) is 14.3. The van der Waals surface area contributed by atoms with E-state index in [2.05, 4.69) is 5.43 Å². The molecule has 106 valence electrons. The standard InChI is InChI=1S/C15H30N2O/c16-17-15(12-14-8-10-18-11-9-14)7-6-13-4-2-1-3-5-13/h13-15,17H,1-12,16H2. The maximum absolute atomic E-state index is 5.72. The molecule has 1 heterocycles. The Kier molecular flexibility index (Phi) is 6.46. The number of nitrogens with two attached hydrogens (primary N) is 1. The van der Waals surface area contributed by atoms with Gasteiger partial charge in [0, 0.05) is 19.3 Å². The van der Waals surface area contributed by atoms with Gasteiger partial charge in [-0.2, -0.15) is 0 Å². The van der Waals surface area contributed by atoms with E-state index in [9.17, 15) is 0 Å². The van der Waals surface area contributed by atoms with Crippen molar-refractivity contribution < 1.29 is 4.74 Å². The molecule has 0 aromatic rings. The van der Waals surface area contributed by atoms with Crippen LogP contribution < -0.4 is 11.3 Å². The van der Waals surface area contributed by atoms with E-state index in [1.807, 2.05) is 0 Å². The molecule has 0 amide bonds. The van der Waals surface area contributed by atoms with E-state index in [0.29, 0.717) is 6.04 Å². The smallest absolute Gasteiger partial charge is 0.0468 e. The van der Waals surface area contributed by atoms with E-state index in [0.717, 1.165) is 25.0 Å². The van der Waals surface area contributed by atoms with E-state index in [1.54, 1.807) is 0 Å². The van der Waals surface area contributed by atoms with Gasteiger partial charge in [-0.15, -0.1) is 0 Å². The predicted molar refractivity (Wildman–Crippen MR) is 75.1 cm³/mol. The second-order valence-corrected chi connectivity index (χ2v) is 6.24. The molecule has 1 saturated heterocycles. The third-order valence-electron chi connectivity index (χ3n) is 4.84. The van der Waals surface area contributed by atoms with E-state index in [4.69, 9.17) is 10.6 Å². The SMILES string of the molecule is NNC(CCC1CCCCC1)CC1CCOCC1. The van der Waals surface area contributed by atoms with E-state index < -0.39 is 0 Å². The van der Waals surface area contributed by atoms with Gasteiger partial charge >= 0.3 is 0 Å². The van der Waals surface area contributed by atoms with Crippen molar-refractivity contribution in [2.24, 2.45) is 17.7 Å². The van der Waals surface area contributed by atoms with Gasteiger partial charge in [0.15, 0.2) is 0 Å². The summed E-state index contributed by atoms with van der Waals surface area (Å²) < 4.78 is 5.42. The van der Waals surface area contributed by atoms with E-state index >= 15 is 0 Å². The lowest BCUT2D eigenvalue weighted by Crippen LogP contribution is -2.38. The average molecular weight is 254 g/mol. The molecule has 0 aromatic heterocycles. The number of hydrogen-bond acceptors (Lipinski definition) is 3. The fraction of sp³-hybridized carbons (Fsp3) is 1.00. The molecule has 3 heteroatoms. The second-order valence-electron chi connectivity index (χ2n) is 6.24. The van der Waals surface area contributed by atoms with Crippen molar-refractivity contribution in [3.8, 4) is 0 Å². The van der Waals surface area contributed by atoms with Gasteiger partial charge < -0.3 is 4.74 Å². The van der Waals surface area contributed by atoms with Crippen molar-refractivity contribution in [3.05, 3.63) is 0 Å². The van der Waals surface area contributed by atoms with Crippen LogP contribution in [-0.2, 0) is 4.74 Å². The largest absolute Gasteiger partial charge is 0.381 e. The van der Waals surface area contributed by atoms with Gasteiger partial charge in [-0.25, -0.2) is 0 Å². The maximum Gasteiger partial charge on any atom is 0.0468 e. The number of hydrazine groups is 1. The molecule has 1 saturated carbocycles. The lowest BCUT2D eigenvalue weighted by atomic mass is 9.83. The minimum atomic E-state index is 0.523. The number of rotatable bonds is 6. The van der Waals surface area contributed by atoms with E-state index in [1.165, 1.54) is 64.2 Å². The Morgan fingerprint density at radius 1 is 1.00 bits per heavy atom. The molecule has 0 bridgehead atoms. The highest BCUT2D eigenvalue weighted by Crippen LogP contribution is 2.29. The van der Waals surface area contributed by atoms with Crippen LogP contribution in [0.1, 0.15) is 64.2 Å². The van der Waals surface area contributed by atoms with Crippen LogP contribution in [-0.4, -0.2) is 19.3 Å². The summed E-state index contributed by atoms with van der Waals surface area (Å²) >= 11 is 0. The molecule has 0 radical (unpaired) electrons. The highest BCUT2D eigenvalue weighted by molar-refractivity contribution is 4.75. The number of nitrogens with one attached hydrogen (secondary N) is 1. The Balaban J connectivity index is 1.64. The third-order valence-corrected chi connectivity index (χ3v) is 4.84. The Morgan fingerprint density at radius 3 is 2.39 bits per heavy atom. The first-order valence-corrected chi connectivity index (χ1v) is 7.92. The van der Waals surface area contributed by atoms with Gasteiger partial charge in [-0.1, -0.05) is 32.1 Å². The summed E-state index contributed by atoms with van der Waals surface area (Å²) in [6.45, 7) is 1.90. The van der Waals surface area contributed by atoms with Crippen LogP contribution in [0.5, 0.6) is 0 Å². The summed E-state index contributed by atoms with van der Waals surface area (Å²) in [6.07, 6.45) is 13.6. The molecular formula is C15H30N2O. The molecule has 1 aliphatic carbocycles. The van der Waals surface area contributed by atoms with Crippen molar-refractivity contribution in [3.63, 3.8) is 0 Å². The Labute approximate surface area is 112 Å². The molecule has 3 N–H and O–H groups in total. The van der Waals surface area contributed by atoms with Crippen molar-refractivity contribution >= 4 is 0 Å². The van der Waals surface area contributed by atoms with Crippen molar-refractivity contribution in [2.75, 3.05) is 13.2 Å². The number of ether oxygens (including phenoxy) is 1. The van der Waals surface area contributed by atoms with Crippen LogP contribution >= 0.6 is 0 Å². The summed E-state index contributed by atoms with van der Waals surface area (Å²) in [5.41, 5.74) is 3.05. The molecule has 2 rings (SSSR count). The lowest BCUT2D eigenvalue weighted by molar-refractivity contribution is 0.0598. The fourth-order valence-corrected chi connectivity index (χ4v) is 3.57. The van der Waals surface area contributed by atoms with Crippen molar-refractivity contribution in [2.45, 2.75) is 70.3 Å². The third kappa shape index (κ3) is 4.87. The molecule has 2 fully saturated rings. The molecule has 0 aromatic carbocycles. The Morgan fingerprint density at radius 2 is 1.72 bits per heavy atom. The van der Waals surface area contributed by atoms with Crippen LogP contribution in [0.2, 0.25) is 0 Å². The summed E-state index contributed by atoms with van der Waals surface area (Å²) in [5, 5.41) is 0. The van der Waals surface area contributed by atoms with Gasteiger partial charge in [0.2, 0.25) is 0 Å². The molecule has 1 atom stereocenters. The second kappa shape index (κ2) is 8.13. The summed E-state index contributed by atoms with van der Waals surface area (Å²) in [4.78, 5) is 0. The van der Waals surface area contributed by atoms with Crippen LogP contribution in [0, 0.1) is 11.8 Å². The molecular weight excluding hydrogens is 224 g/mol. The van der Waals surface area contributed by atoms with Crippen LogP contribution in [0.3, 0.4) is 0 Å². The summed E-state index contributed by atoms with van der Waals surface area (Å²) in [6, 6.07) is 0.523. The zero-order valence-electron chi connectivity index (χ0n) is 11.7. The normalized spacial score (nSPS) is 25.2. The summed E-state index contributed by atoms with van der Waals surface area (Å²) in [5.74, 6) is 7.53. The van der Waals surface area contributed by atoms with Gasteiger partial charge in [0.05, 0.1) is 0 Å². The minimum absolute atomic E-state index is 0.523. The zero-order valence-corrected chi connectivity index (χ0v) is 11.7. The predicted octanol–water partition coefficient (Wildman–Crippen LogP) is 3.00. The minimum Gasteiger partial charge on any atom is -0.381 e.